The van der Waals surface area contributed by atoms with Gasteiger partial charge in [0.1, 0.15) is 10.9 Å². The Balaban J connectivity index is 2.41. The van der Waals surface area contributed by atoms with Crippen LogP contribution in [0.2, 0.25) is 0 Å². The summed E-state index contributed by atoms with van der Waals surface area (Å²) in [6.45, 7) is 0. The largest absolute Gasteiger partial charge is 0.357 e. The van der Waals surface area contributed by atoms with Crippen LogP contribution in [0.4, 0.5) is 5.95 Å². The molecule has 15 heavy (non-hydrogen) atoms. The maximum atomic E-state index is 8.71. The number of anilines is 1. The van der Waals surface area contributed by atoms with Gasteiger partial charge in [-0.3, -0.25) is 0 Å². The van der Waals surface area contributed by atoms with Crippen LogP contribution in [0.15, 0.2) is 24.4 Å². The van der Waals surface area contributed by atoms with E-state index in [0.29, 0.717) is 10.8 Å². The number of nitriles is 1. The summed E-state index contributed by atoms with van der Waals surface area (Å²) in [6, 6.07) is 7.62. The predicted molar refractivity (Wildman–Crippen MR) is 59.6 cm³/mol. The summed E-state index contributed by atoms with van der Waals surface area (Å²) in [5.41, 5.74) is 0.834. The summed E-state index contributed by atoms with van der Waals surface area (Å²) in [5.74, 6) is 0.583. The Morgan fingerprint density at radius 3 is 2.93 bits per heavy atom. The van der Waals surface area contributed by atoms with E-state index < -0.39 is 0 Å². The van der Waals surface area contributed by atoms with E-state index in [9.17, 15) is 0 Å². The second-order valence-electron chi connectivity index (χ2n) is 2.79. The monoisotopic (exact) mass is 216 g/mol. The molecule has 0 saturated heterocycles. The molecule has 2 aromatic rings. The van der Waals surface area contributed by atoms with Gasteiger partial charge in [-0.05, 0) is 18.2 Å². The molecular weight excluding hydrogens is 208 g/mol. The third kappa shape index (κ3) is 1.95. The van der Waals surface area contributed by atoms with Crippen molar-refractivity contribution in [3.8, 4) is 16.6 Å². The molecule has 0 fully saturated rings. The van der Waals surface area contributed by atoms with Crippen molar-refractivity contribution in [3.05, 3.63) is 29.3 Å². The normalized spacial score (nSPS) is 9.60. The summed E-state index contributed by atoms with van der Waals surface area (Å²) in [7, 11) is 1.77. The van der Waals surface area contributed by atoms with E-state index in [-0.39, 0.29) is 0 Å². The van der Waals surface area contributed by atoms with E-state index in [4.69, 9.17) is 5.26 Å². The highest BCUT2D eigenvalue weighted by molar-refractivity contribution is 7.15. The topological polar surface area (TPSA) is 61.6 Å². The molecule has 0 atom stereocenters. The van der Waals surface area contributed by atoms with Crippen molar-refractivity contribution in [2.75, 3.05) is 12.4 Å². The van der Waals surface area contributed by atoms with Gasteiger partial charge in [-0.1, -0.05) is 0 Å². The molecule has 5 heteroatoms. The molecule has 74 valence electrons. The van der Waals surface area contributed by atoms with Gasteiger partial charge in [-0.2, -0.15) is 5.26 Å². The number of rotatable bonds is 2. The molecule has 0 spiro atoms. The van der Waals surface area contributed by atoms with E-state index in [2.05, 4.69) is 21.4 Å². The third-order valence-corrected chi connectivity index (χ3v) is 2.86. The molecule has 0 amide bonds. The first-order valence-corrected chi connectivity index (χ1v) is 5.16. The maximum Gasteiger partial charge on any atom is 0.222 e. The summed E-state index contributed by atoms with van der Waals surface area (Å²) in [4.78, 5) is 9.98. The molecule has 0 unspecified atom stereocenters. The van der Waals surface area contributed by atoms with Crippen molar-refractivity contribution in [1.82, 2.24) is 9.97 Å². The first-order chi connectivity index (χ1) is 7.33. The Labute approximate surface area is 91.2 Å². The molecule has 0 aromatic carbocycles. The number of hydrogen-bond acceptors (Lipinski definition) is 5. The van der Waals surface area contributed by atoms with Crippen LogP contribution in [0.5, 0.6) is 0 Å². The molecule has 0 saturated carbocycles. The Morgan fingerprint density at radius 1 is 1.40 bits per heavy atom. The number of thiophene rings is 1. The van der Waals surface area contributed by atoms with Gasteiger partial charge in [0.25, 0.3) is 0 Å². The van der Waals surface area contributed by atoms with E-state index in [1.807, 2.05) is 12.1 Å². The zero-order chi connectivity index (χ0) is 10.7. The summed E-state index contributed by atoms with van der Waals surface area (Å²) < 4.78 is 0. The van der Waals surface area contributed by atoms with Crippen LogP contribution in [0, 0.1) is 11.3 Å². The van der Waals surface area contributed by atoms with Crippen molar-refractivity contribution in [3.63, 3.8) is 0 Å². The first kappa shape index (κ1) is 9.62. The van der Waals surface area contributed by atoms with E-state index in [1.165, 1.54) is 11.3 Å². The van der Waals surface area contributed by atoms with Gasteiger partial charge in [0, 0.05) is 13.2 Å². The minimum absolute atomic E-state index is 0.583. The Morgan fingerprint density at radius 2 is 2.27 bits per heavy atom. The number of hydrogen-bond donors (Lipinski definition) is 1. The van der Waals surface area contributed by atoms with Gasteiger partial charge in [-0.15, -0.1) is 11.3 Å². The summed E-state index contributed by atoms with van der Waals surface area (Å²) in [6.07, 6.45) is 1.69. The number of aromatic nitrogens is 2. The summed E-state index contributed by atoms with van der Waals surface area (Å²) >= 11 is 1.43. The fourth-order valence-corrected chi connectivity index (χ4v) is 1.92. The lowest BCUT2D eigenvalue weighted by molar-refractivity contribution is 1.16. The zero-order valence-electron chi connectivity index (χ0n) is 8.06. The Kier molecular flexibility index (Phi) is 2.61. The highest BCUT2D eigenvalue weighted by Gasteiger charge is 2.04. The molecule has 0 radical (unpaired) electrons. The second kappa shape index (κ2) is 4.07. The van der Waals surface area contributed by atoms with Crippen LogP contribution in [0.1, 0.15) is 4.88 Å². The lowest BCUT2D eigenvalue weighted by Crippen LogP contribution is -1.95. The quantitative estimate of drug-likeness (QED) is 0.835. The number of nitrogens with zero attached hydrogens (tertiary/aromatic N) is 3. The van der Waals surface area contributed by atoms with Crippen molar-refractivity contribution >= 4 is 17.3 Å². The molecule has 0 aliphatic heterocycles. The van der Waals surface area contributed by atoms with Gasteiger partial charge >= 0.3 is 0 Å². The van der Waals surface area contributed by atoms with Crippen molar-refractivity contribution in [1.29, 1.82) is 5.26 Å². The highest BCUT2D eigenvalue weighted by atomic mass is 32.1. The maximum absolute atomic E-state index is 8.71. The third-order valence-electron chi connectivity index (χ3n) is 1.85. The Hall–Kier alpha value is -1.93. The van der Waals surface area contributed by atoms with Crippen molar-refractivity contribution in [2.24, 2.45) is 0 Å². The fourth-order valence-electron chi connectivity index (χ4n) is 1.15. The Bertz CT molecular complexity index is 512. The average Bonchev–Trinajstić information content (AvgIpc) is 2.78. The number of nitrogens with one attached hydrogen (secondary N) is 1. The van der Waals surface area contributed by atoms with Crippen molar-refractivity contribution in [2.45, 2.75) is 0 Å². The summed E-state index contributed by atoms with van der Waals surface area (Å²) in [5, 5.41) is 11.6. The van der Waals surface area contributed by atoms with Crippen LogP contribution in [-0.4, -0.2) is 17.0 Å². The SMILES string of the molecule is CNc1nccc(-c2ccc(C#N)s2)n1. The molecule has 2 rings (SSSR count). The van der Waals surface area contributed by atoms with E-state index in [0.717, 1.165) is 10.6 Å². The lowest BCUT2D eigenvalue weighted by atomic mass is 10.3. The minimum atomic E-state index is 0.583. The van der Waals surface area contributed by atoms with Gasteiger partial charge in [0.05, 0.1) is 10.6 Å². The first-order valence-electron chi connectivity index (χ1n) is 4.34. The average molecular weight is 216 g/mol. The lowest BCUT2D eigenvalue weighted by Gasteiger charge is -1.99. The molecule has 4 nitrogen and oxygen atoms in total. The van der Waals surface area contributed by atoms with Crippen LogP contribution in [-0.2, 0) is 0 Å². The standard InChI is InChI=1S/C10H8N4S/c1-12-10-13-5-4-8(14-10)9-3-2-7(6-11)15-9/h2-5H,1H3,(H,12,13,14). The van der Waals surface area contributed by atoms with Gasteiger partial charge in [0.15, 0.2) is 0 Å². The second-order valence-corrected chi connectivity index (χ2v) is 3.87. The van der Waals surface area contributed by atoms with E-state index >= 15 is 0 Å². The fraction of sp³-hybridized carbons (Fsp3) is 0.100. The smallest absolute Gasteiger partial charge is 0.222 e. The van der Waals surface area contributed by atoms with Crippen LogP contribution < -0.4 is 5.32 Å². The van der Waals surface area contributed by atoms with Gasteiger partial charge in [-0.25, -0.2) is 9.97 Å². The van der Waals surface area contributed by atoms with Gasteiger partial charge < -0.3 is 5.32 Å². The minimum Gasteiger partial charge on any atom is -0.357 e. The predicted octanol–water partition coefficient (Wildman–Crippen LogP) is 2.12. The molecule has 1 N–H and O–H groups in total. The molecular formula is C10H8N4S. The van der Waals surface area contributed by atoms with Crippen LogP contribution >= 0.6 is 11.3 Å². The molecule has 0 aliphatic rings. The van der Waals surface area contributed by atoms with Crippen molar-refractivity contribution < 1.29 is 0 Å². The van der Waals surface area contributed by atoms with Crippen LogP contribution in [0.3, 0.4) is 0 Å². The molecule has 2 heterocycles. The van der Waals surface area contributed by atoms with Gasteiger partial charge in [0.2, 0.25) is 5.95 Å². The van der Waals surface area contributed by atoms with E-state index in [1.54, 1.807) is 19.3 Å². The molecule has 0 bridgehead atoms. The highest BCUT2D eigenvalue weighted by Crippen LogP contribution is 2.26. The zero-order valence-corrected chi connectivity index (χ0v) is 8.88. The molecule has 2 aromatic heterocycles. The van der Waals surface area contributed by atoms with Crippen LogP contribution in [0.25, 0.3) is 10.6 Å². The molecule has 0 aliphatic carbocycles.